The molecule has 0 atom stereocenters. The van der Waals surface area contributed by atoms with Gasteiger partial charge in [0.05, 0.1) is 8.07 Å². The standard InChI is InChI=1S/C48H58Si.2CH3.Hf/c1-31-25-35(45(3,4)5)21-23-39(31)41-19-15-17-33-27-37(29-43(33)41)49(47(9,10)11,48(12,13)14)38-28-34-18-16-20-42(44(34)30-38)40-24-22-36(26-32(40)2)46(6,7)8;;;/h15-30H,1-14H3;2*1H3;/q-2;2*-1;+4. The number of benzene rings is 4. The summed E-state index contributed by atoms with van der Waals surface area (Å²) >= 11 is 0. The van der Waals surface area contributed by atoms with Crippen molar-refractivity contribution in [3.8, 4) is 22.3 Å². The molecule has 0 saturated heterocycles. The van der Waals surface area contributed by atoms with E-state index in [2.05, 4.69) is 194 Å². The molecule has 0 saturated carbocycles. The van der Waals surface area contributed by atoms with Gasteiger partial charge in [-0.3, -0.25) is 0 Å². The Morgan fingerprint density at radius 2 is 0.788 bits per heavy atom. The zero-order valence-corrected chi connectivity index (χ0v) is 39.8. The Bertz CT molecular complexity index is 2020. The molecule has 0 amide bonds. The van der Waals surface area contributed by atoms with Crippen LogP contribution in [0.1, 0.15) is 105 Å². The van der Waals surface area contributed by atoms with E-state index < -0.39 is 8.07 Å². The molecule has 0 fully saturated rings. The maximum absolute atomic E-state index is 2.60. The van der Waals surface area contributed by atoms with E-state index in [1.807, 2.05) is 0 Å². The quantitative estimate of drug-likeness (QED) is 0.122. The minimum atomic E-state index is -2.46. The van der Waals surface area contributed by atoms with Crippen LogP contribution in [-0.2, 0) is 36.7 Å². The predicted octanol–water partition coefficient (Wildman–Crippen LogP) is 14.0. The maximum atomic E-state index is 2.60. The zero-order valence-electron chi connectivity index (χ0n) is 35.2. The number of fused-ring (bicyclic) bond motifs is 2. The van der Waals surface area contributed by atoms with Crippen molar-refractivity contribution >= 4 is 40.0 Å². The Morgan fingerprint density at radius 1 is 0.442 bits per heavy atom. The molecule has 2 heteroatoms. The summed E-state index contributed by atoms with van der Waals surface area (Å²) in [5.74, 6) is 0. The van der Waals surface area contributed by atoms with Gasteiger partial charge in [0.25, 0.3) is 0 Å². The van der Waals surface area contributed by atoms with E-state index in [1.165, 1.54) is 66.1 Å². The van der Waals surface area contributed by atoms with Gasteiger partial charge in [-0.05, 0) is 68.1 Å². The second-order valence-electron chi connectivity index (χ2n) is 18.9. The van der Waals surface area contributed by atoms with E-state index in [-0.39, 0.29) is 61.6 Å². The molecule has 0 radical (unpaired) electrons. The molecule has 6 rings (SSSR count). The summed E-state index contributed by atoms with van der Waals surface area (Å²) in [4.78, 5) is 0. The third-order valence-corrected chi connectivity index (χ3v) is 18.2. The molecule has 6 aromatic carbocycles. The first kappa shape index (κ1) is 43.6. The first-order valence-corrected chi connectivity index (χ1v) is 20.3. The normalized spacial score (nSPS) is 12.7. The van der Waals surface area contributed by atoms with Crippen LogP contribution in [0, 0.1) is 28.7 Å². The van der Waals surface area contributed by atoms with Crippen LogP contribution < -0.4 is 10.4 Å². The van der Waals surface area contributed by atoms with E-state index in [9.17, 15) is 0 Å². The Kier molecular flexibility index (Phi) is 12.4. The molecule has 0 aliphatic heterocycles. The molecule has 0 aliphatic carbocycles. The summed E-state index contributed by atoms with van der Waals surface area (Å²) < 4.78 is 0. The van der Waals surface area contributed by atoms with Crippen molar-refractivity contribution in [2.45, 2.75) is 118 Å². The van der Waals surface area contributed by atoms with Crippen molar-refractivity contribution in [3.63, 3.8) is 0 Å². The van der Waals surface area contributed by atoms with Crippen molar-refractivity contribution in [3.05, 3.63) is 134 Å². The van der Waals surface area contributed by atoms with Crippen LogP contribution in [0.25, 0.3) is 43.8 Å². The summed E-state index contributed by atoms with van der Waals surface area (Å²) in [5, 5.41) is 8.67. The third-order valence-electron chi connectivity index (χ3n) is 11.4. The van der Waals surface area contributed by atoms with Gasteiger partial charge in [0.1, 0.15) is 0 Å². The molecule has 0 aliphatic rings. The summed E-state index contributed by atoms with van der Waals surface area (Å²) in [6.07, 6.45) is 0. The monoisotopic (exact) mass is 872 g/mol. The molecule has 0 nitrogen and oxygen atoms in total. The fourth-order valence-corrected chi connectivity index (χ4v) is 16.8. The molecule has 0 bridgehead atoms. The number of rotatable bonds is 4. The minimum Gasteiger partial charge on any atom is -0.358 e. The molecule has 6 aromatic rings. The third kappa shape index (κ3) is 7.33. The first-order valence-electron chi connectivity index (χ1n) is 18.3. The molecule has 0 heterocycles. The molecular formula is C50H64HfSi. The van der Waals surface area contributed by atoms with E-state index in [1.54, 1.807) is 10.4 Å². The summed E-state index contributed by atoms with van der Waals surface area (Å²) in [6, 6.07) is 38.3. The Labute approximate surface area is 338 Å². The van der Waals surface area contributed by atoms with Crippen molar-refractivity contribution < 1.29 is 25.8 Å². The number of hydrogen-bond donors (Lipinski definition) is 0. The molecular weight excluding hydrogens is 807 g/mol. The van der Waals surface area contributed by atoms with Gasteiger partial charge in [-0.1, -0.05) is 143 Å². The largest absolute Gasteiger partial charge is 4.00 e. The number of aryl methyl sites for hydroxylation is 2. The Balaban J connectivity index is 0.00000243. The molecule has 0 unspecified atom stereocenters. The Morgan fingerprint density at radius 3 is 1.08 bits per heavy atom. The predicted molar refractivity (Wildman–Crippen MR) is 234 cm³/mol. The summed E-state index contributed by atoms with van der Waals surface area (Å²) in [7, 11) is -2.46. The zero-order chi connectivity index (χ0) is 35.9. The molecule has 52 heavy (non-hydrogen) atoms. The molecule has 272 valence electrons. The Hall–Kier alpha value is -2.81. The first-order chi connectivity index (χ1) is 22.6. The van der Waals surface area contributed by atoms with Gasteiger partial charge in [-0.25, -0.2) is 0 Å². The van der Waals surface area contributed by atoms with Gasteiger partial charge in [-0.2, -0.15) is 12.1 Å². The van der Waals surface area contributed by atoms with Crippen LogP contribution in [0.5, 0.6) is 0 Å². The van der Waals surface area contributed by atoms with Crippen molar-refractivity contribution in [1.82, 2.24) is 0 Å². The average Bonchev–Trinajstić information content (AvgIpc) is 3.60. The van der Waals surface area contributed by atoms with E-state index in [0.29, 0.717) is 0 Å². The topological polar surface area (TPSA) is 0 Å². The number of hydrogen-bond acceptors (Lipinski definition) is 0. The van der Waals surface area contributed by atoms with Crippen LogP contribution in [0.3, 0.4) is 0 Å². The van der Waals surface area contributed by atoms with Crippen molar-refractivity contribution in [1.29, 1.82) is 0 Å². The van der Waals surface area contributed by atoms with Crippen molar-refractivity contribution in [2.24, 2.45) is 0 Å². The van der Waals surface area contributed by atoms with Gasteiger partial charge < -0.3 is 14.9 Å². The van der Waals surface area contributed by atoms with Gasteiger partial charge >= 0.3 is 25.8 Å². The molecule has 0 spiro atoms. The van der Waals surface area contributed by atoms with Crippen LogP contribution >= 0.6 is 0 Å². The van der Waals surface area contributed by atoms with Gasteiger partial charge in [-0.15, -0.1) is 68.3 Å². The minimum absolute atomic E-state index is 0. The van der Waals surface area contributed by atoms with E-state index >= 15 is 0 Å². The van der Waals surface area contributed by atoms with Crippen LogP contribution in [0.4, 0.5) is 0 Å². The van der Waals surface area contributed by atoms with Gasteiger partial charge in [0, 0.05) is 0 Å². The maximum Gasteiger partial charge on any atom is 4.00 e. The fraction of sp³-hybridized carbons (Fsp3) is 0.360. The molecule has 0 N–H and O–H groups in total. The van der Waals surface area contributed by atoms with Gasteiger partial charge in [0.2, 0.25) is 0 Å². The van der Waals surface area contributed by atoms with E-state index in [0.717, 1.165) is 0 Å². The van der Waals surface area contributed by atoms with Crippen molar-refractivity contribution in [2.75, 3.05) is 0 Å². The van der Waals surface area contributed by atoms with Crippen LogP contribution in [0.15, 0.2) is 97.1 Å². The smallest absolute Gasteiger partial charge is 0.358 e. The summed E-state index contributed by atoms with van der Waals surface area (Å²) in [6.45, 7) is 33.4. The van der Waals surface area contributed by atoms with Crippen LogP contribution in [-0.4, -0.2) is 8.07 Å². The average molecular weight is 872 g/mol. The second kappa shape index (κ2) is 14.8. The SMILES string of the molecule is Cc1cc(C(C)(C)C)ccc1-c1cccc2[cH-]c([Si](c3cc4c(-c5ccc(C(C)(C)C)cc5C)cccc4[cH-]3)(C(C)(C)C)C(C)(C)C)cc12.[CH3-].[CH3-].[Hf+4]. The fourth-order valence-electron chi connectivity index (χ4n) is 9.26. The van der Waals surface area contributed by atoms with E-state index in [4.69, 9.17) is 0 Å². The second-order valence-corrected chi connectivity index (χ2v) is 24.6. The van der Waals surface area contributed by atoms with Gasteiger partial charge in [0.15, 0.2) is 0 Å². The molecule has 0 aromatic heterocycles. The van der Waals surface area contributed by atoms with Crippen LogP contribution in [0.2, 0.25) is 10.1 Å². The summed E-state index contributed by atoms with van der Waals surface area (Å²) in [5.41, 5.74) is 11.1.